The van der Waals surface area contributed by atoms with Crippen LogP contribution >= 0.6 is 23.2 Å². The SMILES string of the molecule is Cc1ccc(S(=O)(=O)N(CC(=O)N(Cc2ccccc2F)C(Cc2ccccc2)C(=O)NC(C)(C)C)c2cc(Cl)cc(Cl)c2)cc1. The highest BCUT2D eigenvalue weighted by molar-refractivity contribution is 7.92. The standard InChI is InChI=1S/C35H36Cl2FN3O4S/c1-24-14-16-30(17-15-24)46(44,45)41(29-20-27(36)19-28(37)21-29)23-33(42)40(22-26-12-8-9-13-31(26)38)32(34(43)39-35(2,3)4)18-25-10-6-5-7-11-25/h5-17,19-21,32H,18,22-23H2,1-4H3,(H,39,43). The summed E-state index contributed by atoms with van der Waals surface area (Å²) in [5.41, 5.74) is 1.16. The molecular weight excluding hydrogens is 648 g/mol. The maximum absolute atomic E-state index is 15.1. The molecule has 46 heavy (non-hydrogen) atoms. The number of nitrogens with zero attached hydrogens (tertiary/aromatic N) is 2. The van der Waals surface area contributed by atoms with Crippen molar-refractivity contribution in [3.05, 3.63) is 130 Å². The van der Waals surface area contributed by atoms with Gasteiger partial charge in [0, 0.05) is 34.1 Å². The minimum atomic E-state index is -4.35. The number of nitrogens with one attached hydrogen (secondary N) is 1. The van der Waals surface area contributed by atoms with Crippen molar-refractivity contribution in [3.63, 3.8) is 0 Å². The summed E-state index contributed by atoms with van der Waals surface area (Å²) in [6, 6.07) is 24.3. The molecule has 0 aromatic heterocycles. The van der Waals surface area contributed by atoms with E-state index in [1.807, 2.05) is 58.0 Å². The Morgan fingerprint density at radius 3 is 2.04 bits per heavy atom. The Hall–Kier alpha value is -3.92. The van der Waals surface area contributed by atoms with Crippen LogP contribution in [0.4, 0.5) is 10.1 Å². The Kier molecular flexibility index (Phi) is 11.1. The molecule has 0 spiro atoms. The third-order valence-corrected chi connectivity index (χ3v) is 9.32. The smallest absolute Gasteiger partial charge is 0.264 e. The molecule has 0 saturated heterocycles. The quantitative estimate of drug-likeness (QED) is 0.181. The fourth-order valence-corrected chi connectivity index (χ4v) is 6.78. The second-order valence-corrected chi connectivity index (χ2v) is 14.7. The van der Waals surface area contributed by atoms with Crippen molar-refractivity contribution in [2.75, 3.05) is 10.8 Å². The van der Waals surface area contributed by atoms with Gasteiger partial charge in [-0.3, -0.25) is 13.9 Å². The first-order valence-corrected chi connectivity index (χ1v) is 16.8. The van der Waals surface area contributed by atoms with Gasteiger partial charge in [0.2, 0.25) is 11.8 Å². The average Bonchev–Trinajstić information content (AvgIpc) is 2.97. The van der Waals surface area contributed by atoms with Gasteiger partial charge in [0.25, 0.3) is 10.0 Å². The zero-order chi connectivity index (χ0) is 33.6. The molecule has 4 rings (SSSR count). The molecule has 0 radical (unpaired) electrons. The van der Waals surface area contributed by atoms with Gasteiger partial charge in [-0.2, -0.15) is 0 Å². The highest BCUT2D eigenvalue weighted by Crippen LogP contribution is 2.30. The number of hydrogen-bond acceptors (Lipinski definition) is 4. The van der Waals surface area contributed by atoms with Crippen LogP contribution in [-0.4, -0.2) is 43.3 Å². The number of benzene rings is 4. The molecule has 4 aromatic rings. The monoisotopic (exact) mass is 683 g/mol. The number of rotatable bonds is 11. The van der Waals surface area contributed by atoms with E-state index in [2.05, 4.69) is 5.32 Å². The molecule has 1 N–H and O–H groups in total. The Morgan fingerprint density at radius 1 is 0.870 bits per heavy atom. The summed E-state index contributed by atoms with van der Waals surface area (Å²) in [6.45, 7) is 6.24. The zero-order valence-electron chi connectivity index (χ0n) is 26.0. The lowest BCUT2D eigenvalue weighted by atomic mass is 10.0. The number of aryl methyl sites for hydroxylation is 1. The molecule has 0 saturated carbocycles. The molecule has 1 atom stereocenters. The van der Waals surface area contributed by atoms with Crippen LogP contribution < -0.4 is 9.62 Å². The average molecular weight is 685 g/mol. The molecule has 11 heteroatoms. The molecule has 1 unspecified atom stereocenters. The largest absolute Gasteiger partial charge is 0.350 e. The van der Waals surface area contributed by atoms with Gasteiger partial charge in [-0.25, -0.2) is 12.8 Å². The van der Waals surface area contributed by atoms with Crippen LogP contribution in [0.25, 0.3) is 0 Å². The Balaban J connectivity index is 1.85. The Bertz CT molecular complexity index is 1780. The minimum absolute atomic E-state index is 0.0519. The van der Waals surface area contributed by atoms with E-state index in [1.165, 1.54) is 53.4 Å². The second-order valence-electron chi connectivity index (χ2n) is 12.0. The number of sulfonamides is 1. The van der Waals surface area contributed by atoms with Crippen molar-refractivity contribution in [1.82, 2.24) is 10.2 Å². The lowest BCUT2D eigenvalue weighted by Crippen LogP contribution is -2.56. The van der Waals surface area contributed by atoms with Gasteiger partial charge in [-0.05, 0) is 69.7 Å². The molecule has 7 nitrogen and oxygen atoms in total. The molecule has 0 aliphatic heterocycles. The fourth-order valence-electron chi connectivity index (χ4n) is 4.87. The van der Waals surface area contributed by atoms with E-state index >= 15 is 4.39 Å². The summed E-state index contributed by atoms with van der Waals surface area (Å²) in [7, 11) is -4.35. The molecule has 0 heterocycles. The minimum Gasteiger partial charge on any atom is -0.350 e. The third kappa shape index (κ3) is 9.09. The van der Waals surface area contributed by atoms with Gasteiger partial charge in [-0.1, -0.05) is 89.4 Å². The molecule has 0 bridgehead atoms. The maximum atomic E-state index is 15.1. The molecular formula is C35H36Cl2FN3O4S. The number of anilines is 1. The van der Waals surface area contributed by atoms with Crippen molar-refractivity contribution >= 4 is 50.7 Å². The van der Waals surface area contributed by atoms with E-state index in [0.717, 1.165) is 15.4 Å². The number of carbonyl (C=O) groups excluding carboxylic acids is 2. The molecule has 0 aliphatic carbocycles. The molecule has 0 fully saturated rings. The van der Waals surface area contributed by atoms with E-state index in [1.54, 1.807) is 18.2 Å². The summed E-state index contributed by atoms with van der Waals surface area (Å²) in [5, 5.41) is 3.27. The van der Waals surface area contributed by atoms with Crippen LogP contribution in [0, 0.1) is 12.7 Å². The van der Waals surface area contributed by atoms with Crippen molar-refractivity contribution in [2.45, 2.75) is 57.1 Å². The summed E-state index contributed by atoms with van der Waals surface area (Å²) in [4.78, 5) is 29.6. The Morgan fingerprint density at radius 2 is 1.46 bits per heavy atom. The lowest BCUT2D eigenvalue weighted by molar-refractivity contribution is -0.140. The van der Waals surface area contributed by atoms with Crippen LogP contribution in [0.15, 0.2) is 102 Å². The number of carbonyl (C=O) groups is 2. The second kappa shape index (κ2) is 14.7. The maximum Gasteiger partial charge on any atom is 0.264 e. The topological polar surface area (TPSA) is 86.8 Å². The highest BCUT2D eigenvalue weighted by Gasteiger charge is 2.36. The normalized spacial score (nSPS) is 12.3. The van der Waals surface area contributed by atoms with Gasteiger partial charge in [0.1, 0.15) is 18.4 Å². The lowest BCUT2D eigenvalue weighted by Gasteiger charge is -2.35. The predicted molar refractivity (Wildman–Crippen MR) is 181 cm³/mol. The first kappa shape index (κ1) is 34.9. The van der Waals surface area contributed by atoms with Crippen molar-refractivity contribution in [1.29, 1.82) is 0 Å². The summed E-state index contributed by atoms with van der Waals surface area (Å²) in [5.74, 6) is -1.78. The zero-order valence-corrected chi connectivity index (χ0v) is 28.3. The number of hydrogen-bond donors (Lipinski definition) is 1. The van der Waals surface area contributed by atoms with Gasteiger partial charge < -0.3 is 10.2 Å². The van der Waals surface area contributed by atoms with Gasteiger partial charge in [-0.15, -0.1) is 0 Å². The van der Waals surface area contributed by atoms with Gasteiger partial charge in [0.05, 0.1) is 10.6 Å². The van der Waals surface area contributed by atoms with Gasteiger partial charge in [0.15, 0.2) is 0 Å². The van der Waals surface area contributed by atoms with E-state index in [9.17, 15) is 18.0 Å². The first-order chi connectivity index (χ1) is 21.6. The van der Waals surface area contributed by atoms with Crippen LogP contribution in [0.5, 0.6) is 0 Å². The number of halogens is 3. The van der Waals surface area contributed by atoms with E-state index in [4.69, 9.17) is 23.2 Å². The van der Waals surface area contributed by atoms with Crippen LogP contribution in [0.1, 0.15) is 37.5 Å². The molecule has 0 aliphatic rings. The van der Waals surface area contributed by atoms with Crippen LogP contribution in [0.3, 0.4) is 0 Å². The molecule has 4 aromatic carbocycles. The Labute approximate surface area is 280 Å². The third-order valence-electron chi connectivity index (χ3n) is 7.09. The van der Waals surface area contributed by atoms with E-state index < -0.39 is 45.8 Å². The summed E-state index contributed by atoms with van der Waals surface area (Å²) in [6.07, 6.45) is 0.0939. The van der Waals surface area contributed by atoms with Crippen LogP contribution in [-0.2, 0) is 32.6 Å². The highest BCUT2D eigenvalue weighted by atomic mass is 35.5. The first-order valence-electron chi connectivity index (χ1n) is 14.6. The van der Waals surface area contributed by atoms with Gasteiger partial charge >= 0.3 is 0 Å². The predicted octanol–water partition coefficient (Wildman–Crippen LogP) is 7.19. The van der Waals surface area contributed by atoms with Crippen molar-refractivity contribution < 1.29 is 22.4 Å². The summed E-state index contributed by atoms with van der Waals surface area (Å²) < 4.78 is 44.3. The van der Waals surface area contributed by atoms with E-state index in [0.29, 0.717) is 0 Å². The summed E-state index contributed by atoms with van der Waals surface area (Å²) >= 11 is 12.6. The fraction of sp³-hybridized carbons (Fsp3) is 0.257. The molecule has 242 valence electrons. The molecule has 2 amide bonds. The van der Waals surface area contributed by atoms with E-state index in [-0.39, 0.29) is 39.2 Å². The van der Waals surface area contributed by atoms with Crippen molar-refractivity contribution in [3.8, 4) is 0 Å². The van der Waals surface area contributed by atoms with Crippen molar-refractivity contribution in [2.24, 2.45) is 0 Å². The number of amides is 2. The van der Waals surface area contributed by atoms with Crippen LogP contribution in [0.2, 0.25) is 10.0 Å².